The zero-order chi connectivity index (χ0) is 22.9. The summed E-state index contributed by atoms with van der Waals surface area (Å²) in [5.74, 6) is 4.67. The second-order valence-corrected chi connectivity index (χ2v) is 8.23. The van der Waals surface area contributed by atoms with E-state index >= 15 is 0 Å². The minimum Gasteiger partial charge on any atom is -0.493 e. The number of aliphatic imine (C=N–C) groups is 1. The molecule has 1 aliphatic rings. The topological polar surface area (TPSA) is 84.2 Å². The van der Waals surface area contributed by atoms with Gasteiger partial charge in [0.25, 0.3) is 0 Å². The zero-order valence-corrected chi connectivity index (χ0v) is 20.0. The van der Waals surface area contributed by atoms with Crippen molar-refractivity contribution in [3.8, 4) is 11.5 Å². The molecule has 2 heterocycles. The summed E-state index contributed by atoms with van der Waals surface area (Å²) in [4.78, 5) is 11.7. The zero-order valence-electron chi connectivity index (χ0n) is 20.0. The minimum atomic E-state index is 0.573. The molecule has 1 saturated heterocycles. The number of hydrogen-bond donors (Lipinski definition) is 2. The van der Waals surface area contributed by atoms with Crippen LogP contribution in [-0.2, 0) is 13.1 Å². The first-order chi connectivity index (χ1) is 15.5. The van der Waals surface area contributed by atoms with Crippen LogP contribution in [0.5, 0.6) is 11.5 Å². The highest BCUT2D eigenvalue weighted by molar-refractivity contribution is 5.79. The summed E-state index contributed by atoms with van der Waals surface area (Å²) in [6, 6.07) is 5.90. The van der Waals surface area contributed by atoms with E-state index in [0.717, 1.165) is 85.9 Å². The van der Waals surface area contributed by atoms with Gasteiger partial charge in [-0.05, 0) is 70.3 Å². The molecular weight excluding hydrogens is 406 g/mol. The number of piperidine rings is 1. The molecule has 1 aliphatic heterocycles. The maximum atomic E-state index is 5.74. The molecule has 8 heteroatoms. The summed E-state index contributed by atoms with van der Waals surface area (Å²) < 4.78 is 16.4. The molecule has 0 bridgehead atoms. The van der Waals surface area contributed by atoms with Gasteiger partial charge in [0, 0.05) is 13.1 Å². The third kappa shape index (κ3) is 6.63. The van der Waals surface area contributed by atoms with Crippen LogP contribution >= 0.6 is 0 Å². The Labute approximate surface area is 191 Å². The first kappa shape index (κ1) is 23.9. The molecule has 0 atom stereocenters. The number of rotatable bonds is 9. The molecule has 0 amide bonds. The number of ether oxygens (including phenoxy) is 2. The van der Waals surface area contributed by atoms with Crippen molar-refractivity contribution in [1.29, 1.82) is 0 Å². The molecular formula is C24H37N5O3. The standard InChI is InChI=1S/C24H37N5O3/c1-6-25-24(27-15-20-7-8-21(30-4)22(13-20)31-5)26-14-19-9-11-29(12-10-19)16-23-28-17(2)18(3)32-23/h7-8,13,19H,6,9-12,14-16H2,1-5H3,(H2,25,26,27). The van der Waals surface area contributed by atoms with Crippen molar-refractivity contribution in [1.82, 2.24) is 20.5 Å². The molecule has 0 saturated carbocycles. The second kappa shape index (κ2) is 11.8. The number of aromatic nitrogens is 1. The number of guanidine groups is 1. The van der Waals surface area contributed by atoms with E-state index in [1.807, 2.05) is 32.0 Å². The lowest BCUT2D eigenvalue weighted by Crippen LogP contribution is -2.42. The van der Waals surface area contributed by atoms with Crippen LogP contribution in [0.1, 0.15) is 42.7 Å². The average molecular weight is 444 g/mol. The van der Waals surface area contributed by atoms with Gasteiger partial charge in [-0.3, -0.25) is 4.90 Å². The predicted molar refractivity (Wildman–Crippen MR) is 126 cm³/mol. The van der Waals surface area contributed by atoms with Crippen LogP contribution in [0.4, 0.5) is 0 Å². The molecule has 3 rings (SSSR count). The lowest BCUT2D eigenvalue weighted by atomic mass is 9.97. The number of oxazole rings is 1. The van der Waals surface area contributed by atoms with Gasteiger partial charge in [0.05, 0.1) is 33.0 Å². The average Bonchev–Trinajstić information content (AvgIpc) is 3.12. The Morgan fingerprint density at radius 2 is 1.91 bits per heavy atom. The molecule has 176 valence electrons. The summed E-state index contributed by atoms with van der Waals surface area (Å²) in [6.45, 7) is 11.3. The molecule has 32 heavy (non-hydrogen) atoms. The number of hydrogen-bond acceptors (Lipinski definition) is 6. The summed E-state index contributed by atoms with van der Waals surface area (Å²) in [5, 5.41) is 6.87. The van der Waals surface area contributed by atoms with Crippen molar-refractivity contribution in [2.45, 2.75) is 46.7 Å². The van der Waals surface area contributed by atoms with Crippen LogP contribution in [0, 0.1) is 19.8 Å². The number of methoxy groups -OCH3 is 2. The first-order valence-corrected chi connectivity index (χ1v) is 11.4. The molecule has 1 aromatic heterocycles. The highest BCUT2D eigenvalue weighted by Crippen LogP contribution is 2.27. The Morgan fingerprint density at radius 1 is 1.16 bits per heavy atom. The molecule has 2 N–H and O–H groups in total. The molecule has 0 radical (unpaired) electrons. The molecule has 8 nitrogen and oxygen atoms in total. The van der Waals surface area contributed by atoms with Gasteiger partial charge in [0.2, 0.25) is 5.89 Å². The second-order valence-electron chi connectivity index (χ2n) is 8.23. The van der Waals surface area contributed by atoms with E-state index in [-0.39, 0.29) is 0 Å². The highest BCUT2D eigenvalue weighted by atomic mass is 16.5. The summed E-state index contributed by atoms with van der Waals surface area (Å²) in [7, 11) is 3.29. The van der Waals surface area contributed by atoms with E-state index in [0.29, 0.717) is 12.5 Å². The van der Waals surface area contributed by atoms with Crippen LogP contribution in [0.15, 0.2) is 27.6 Å². The van der Waals surface area contributed by atoms with Crippen LogP contribution in [0.3, 0.4) is 0 Å². The number of nitrogens with zero attached hydrogens (tertiary/aromatic N) is 3. The Hall–Kier alpha value is -2.74. The van der Waals surface area contributed by atoms with Crippen LogP contribution in [-0.4, -0.2) is 56.2 Å². The van der Waals surface area contributed by atoms with Gasteiger partial charge in [0.1, 0.15) is 5.76 Å². The first-order valence-electron chi connectivity index (χ1n) is 11.4. The van der Waals surface area contributed by atoms with Crippen molar-refractivity contribution >= 4 is 5.96 Å². The number of likely N-dealkylation sites (tertiary alicyclic amines) is 1. The Balaban J connectivity index is 1.47. The van der Waals surface area contributed by atoms with Crippen LogP contribution < -0.4 is 20.1 Å². The third-order valence-corrected chi connectivity index (χ3v) is 5.91. The Kier molecular flexibility index (Phi) is 8.79. The minimum absolute atomic E-state index is 0.573. The van der Waals surface area contributed by atoms with Crippen molar-refractivity contribution in [2.24, 2.45) is 10.9 Å². The van der Waals surface area contributed by atoms with Crippen molar-refractivity contribution < 1.29 is 13.9 Å². The van der Waals surface area contributed by atoms with E-state index in [4.69, 9.17) is 18.9 Å². The number of aryl methyl sites for hydroxylation is 2. The normalized spacial score (nSPS) is 15.6. The van der Waals surface area contributed by atoms with Gasteiger partial charge in [0.15, 0.2) is 17.5 Å². The molecule has 0 unspecified atom stereocenters. The van der Waals surface area contributed by atoms with Gasteiger partial charge < -0.3 is 24.5 Å². The smallest absolute Gasteiger partial charge is 0.208 e. The summed E-state index contributed by atoms with van der Waals surface area (Å²) in [5.41, 5.74) is 2.06. The largest absolute Gasteiger partial charge is 0.493 e. The fourth-order valence-corrected chi connectivity index (χ4v) is 3.88. The van der Waals surface area contributed by atoms with Crippen LogP contribution in [0.25, 0.3) is 0 Å². The lowest BCUT2D eigenvalue weighted by Gasteiger charge is -2.31. The van der Waals surface area contributed by atoms with E-state index in [1.165, 1.54) is 0 Å². The van der Waals surface area contributed by atoms with E-state index < -0.39 is 0 Å². The van der Waals surface area contributed by atoms with Gasteiger partial charge in [-0.25, -0.2) is 9.98 Å². The van der Waals surface area contributed by atoms with Crippen molar-refractivity contribution in [2.75, 3.05) is 40.4 Å². The van der Waals surface area contributed by atoms with Gasteiger partial charge in [-0.2, -0.15) is 0 Å². The van der Waals surface area contributed by atoms with E-state index in [2.05, 4.69) is 27.4 Å². The maximum Gasteiger partial charge on any atom is 0.208 e. The fourth-order valence-electron chi connectivity index (χ4n) is 3.88. The van der Waals surface area contributed by atoms with E-state index in [1.54, 1.807) is 14.2 Å². The Bertz CT molecular complexity index is 868. The SMILES string of the molecule is CCNC(=NCc1ccc(OC)c(OC)c1)NCC1CCN(Cc2nc(C)c(C)o2)CC1. The molecule has 2 aromatic rings. The lowest BCUT2D eigenvalue weighted by molar-refractivity contribution is 0.164. The molecule has 1 aromatic carbocycles. The monoisotopic (exact) mass is 443 g/mol. The fraction of sp³-hybridized carbons (Fsp3) is 0.583. The summed E-state index contributed by atoms with van der Waals surface area (Å²) >= 11 is 0. The molecule has 0 aliphatic carbocycles. The van der Waals surface area contributed by atoms with Gasteiger partial charge in [-0.1, -0.05) is 6.07 Å². The molecule has 0 spiro atoms. The maximum absolute atomic E-state index is 5.74. The summed E-state index contributed by atoms with van der Waals surface area (Å²) in [6.07, 6.45) is 2.31. The number of nitrogens with one attached hydrogen (secondary N) is 2. The van der Waals surface area contributed by atoms with Gasteiger partial charge >= 0.3 is 0 Å². The molecule has 1 fully saturated rings. The van der Waals surface area contributed by atoms with Crippen molar-refractivity contribution in [3.63, 3.8) is 0 Å². The number of benzene rings is 1. The van der Waals surface area contributed by atoms with Crippen molar-refractivity contribution in [3.05, 3.63) is 41.1 Å². The highest BCUT2D eigenvalue weighted by Gasteiger charge is 2.21. The van der Waals surface area contributed by atoms with Crippen LogP contribution in [0.2, 0.25) is 0 Å². The predicted octanol–water partition coefficient (Wildman–Crippen LogP) is 3.28. The van der Waals surface area contributed by atoms with E-state index in [9.17, 15) is 0 Å². The Morgan fingerprint density at radius 3 is 2.53 bits per heavy atom. The quantitative estimate of drug-likeness (QED) is 0.454. The van der Waals surface area contributed by atoms with Gasteiger partial charge in [-0.15, -0.1) is 0 Å². The third-order valence-electron chi connectivity index (χ3n) is 5.91.